The Balaban J connectivity index is 4.39. The van der Waals surface area contributed by atoms with Gasteiger partial charge < -0.3 is 14.2 Å². The van der Waals surface area contributed by atoms with Crippen LogP contribution < -0.4 is 0 Å². The van der Waals surface area contributed by atoms with Crippen molar-refractivity contribution in [3.63, 3.8) is 0 Å². The van der Waals surface area contributed by atoms with Gasteiger partial charge in [0.05, 0.1) is 0 Å². The van der Waals surface area contributed by atoms with Crippen LogP contribution in [0.25, 0.3) is 0 Å². The van der Waals surface area contributed by atoms with Crippen molar-refractivity contribution in [3.8, 4) is 0 Å². The van der Waals surface area contributed by atoms with Crippen molar-refractivity contribution < 1.29 is 28.6 Å². The topological polar surface area (TPSA) is 78.9 Å². The lowest BCUT2D eigenvalue weighted by molar-refractivity contribution is -0.167. The van der Waals surface area contributed by atoms with E-state index in [1.54, 1.807) is 0 Å². The fourth-order valence-corrected chi connectivity index (χ4v) is 8.21. The van der Waals surface area contributed by atoms with Crippen molar-refractivity contribution in [1.29, 1.82) is 0 Å². The third-order valence-electron chi connectivity index (χ3n) is 12.5. The molecule has 6 nitrogen and oxygen atoms in total. The molecule has 0 fully saturated rings. The molecule has 0 amide bonds. The summed E-state index contributed by atoms with van der Waals surface area (Å²) in [4.78, 5) is 38.1. The Labute approximate surface area is 415 Å². The third-order valence-corrected chi connectivity index (χ3v) is 12.5. The van der Waals surface area contributed by atoms with E-state index in [-0.39, 0.29) is 31.1 Å². The molecular weight excluding hydrogens is 829 g/mol. The number of hydrogen-bond donors (Lipinski definition) is 0. The Bertz CT molecular complexity index is 1210. The molecule has 0 aromatic heterocycles. The Morgan fingerprint density at radius 1 is 0.328 bits per heavy atom. The van der Waals surface area contributed by atoms with Crippen LogP contribution in [0.2, 0.25) is 0 Å². The van der Waals surface area contributed by atoms with Gasteiger partial charge in [-0.15, -0.1) is 0 Å². The fourth-order valence-electron chi connectivity index (χ4n) is 8.21. The van der Waals surface area contributed by atoms with E-state index in [2.05, 4.69) is 81.5 Å². The highest BCUT2D eigenvalue weighted by Gasteiger charge is 2.19. The van der Waals surface area contributed by atoms with Crippen LogP contribution in [0.1, 0.15) is 290 Å². The van der Waals surface area contributed by atoms with E-state index < -0.39 is 6.10 Å². The number of rotatable bonds is 52. The van der Waals surface area contributed by atoms with Gasteiger partial charge in [-0.05, 0) is 77.0 Å². The smallest absolute Gasteiger partial charge is 0.306 e. The molecule has 67 heavy (non-hydrogen) atoms. The predicted molar refractivity (Wildman–Crippen MR) is 288 cm³/mol. The average Bonchev–Trinajstić information content (AvgIpc) is 3.33. The third kappa shape index (κ3) is 53.9. The summed E-state index contributed by atoms with van der Waals surface area (Å²) in [5, 5.41) is 0. The molecule has 0 saturated carbocycles. The number of ether oxygens (including phenoxy) is 3. The molecule has 1 atom stereocenters. The van der Waals surface area contributed by atoms with Gasteiger partial charge in [0.25, 0.3) is 0 Å². The second kappa shape index (κ2) is 55.7. The van der Waals surface area contributed by atoms with Crippen molar-refractivity contribution in [3.05, 3.63) is 60.8 Å². The number of carbonyl (C=O) groups is 3. The van der Waals surface area contributed by atoms with E-state index in [0.717, 1.165) is 103 Å². The summed E-state index contributed by atoms with van der Waals surface area (Å²) in [6.07, 6.45) is 69.3. The molecule has 0 aliphatic rings. The Hall–Kier alpha value is -2.89. The molecule has 1 unspecified atom stereocenters. The van der Waals surface area contributed by atoms with E-state index in [1.807, 2.05) is 0 Å². The average molecular weight is 938 g/mol. The highest BCUT2D eigenvalue weighted by molar-refractivity contribution is 5.71. The largest absolute Gasteiger partial charge is 0.462 e. The van der Waals surface area contributed by atoms with Gasteiger partial charge in [0, 0.05) is 19.3 Å². The van der Waals surface area contributed by atoms with E-state index in [1.165, 1.54) is 148 Å². The molecule has 6 heteroatoms. The van der Waals surface area contributed by atoms with Crippen LogP contribution in [0.4, 0.5) is 0 Å². The normalized spacial score (nSPS) is 12.5. The number of esters is 3. The molecule has 0 N–H and O–H groups in total. The van der Waals surface area contributed by atoms with Gasteiger partial charge in [-0.3, -0.25) is 14.4 Å². The molecule has 0 aromatic rings. The minimum atomic E-state index is -0.796. The summed E-state index contributed by atoms with van der Waals surface area (Å²) in [6, 6.07) is 0. The first-order valence-corrected chi connectivity index (χ1v) is 28.8. The lowest BCUT2D eigenvalue weighted by Crippen LogP contribution is -2.30. The first kappa shape index (κ1) is 64.1. The van der Waals surface area contributed by atoms with Gasteiger partial charge in [-0.1, -0.05) is 255 Å². The van der Waals surface area contributed by atoms with Crippen molar-refractivity contribution in [2.75, 3.05) is 13.2 Å². The lowest BCUT2D eigenvalue weighted by Gasteiger charge is -2.18. The van der Waals surface area contributed by atoms with Crippen LogP contribution in [0.3, 0.4) is 0 Å². The minimum Gasteiger partial charge on any atom is -0.462 e. The number of allylic oxidation sites excluding steroid dienone is 10. The molecule has 0 spiro atoms. The molecule has 0 aliphatic heterocycles. The predicted octanol–water partition coefficient (Wildman–Crippen LogP) is 19.2. The summed E-state index contributed by atoms with van der Waals surface area (Å²) < 4.78 is 16.8. The Kier molecular flexibility index (Phi) is 53.3. The number of carbonyl (C=O) groups excluding carboxylic acids is 3. The van der Waals surface area contributed by atoms with Crippen LogP contribution in [0.5, 0.6) is 0 Å². The molecule has 0 rings (SSSR count). The standard InChI is InChI=1S/C61H108O6/c1-4-7-10-13-16-19-22-25-28-30-31-32-34-36-39-42-45-48-51-54-60(63)66-57-58(56-65-59(62)53-50-47-44-41-38-35-27-24-21-18-15-12-9-6-3)67-61(64)55-52-49-46-43-40-37-33-29-26-23-20-17-14-11-8-5-2/h9,12,18,21,27,29,33,35,37,40,58H,4-8,10-11,13-17,19-20,22-26,28,30-32,34,36,38-39,41-57H2,1-3H3/b12-9-,21-18-,33-29-,35-27-,40-37-. The van der Waals surface area contributed by atoms with Crippen LogP contribution in [-0.2, 0) is 28.6 Å². The van der Waals surface area contributed by atoms with Crippen LogP contribution in [0, 0.1) is 0 Å². The first-order valence-electron chi connectivity index (χ1n) is 28.8. The highest BCUT2D eigenvalue weighted by Crippen LogP contribution is 2.16. The van der Waals surface area contributed by atoms with E-state index >= 15 is 0 Å². The zero-order chi connectivity index (χ0) is 48.6. The van der Waals surface area contributed by atoms with Crippen molar-refractivity contribution >= 4 is 17.9 Å². The maximum Gasteiger partial charge on any atom is 0.306 e. The van der Waals surface area contributed by atoms with Crippen LogP contribution in [-0.4, -0.2) is 37.2 Å². The van der Waals surface area contributed by atoms with Crippen molar-refractivity contribution in [1.82, 2.24) is 0 Å². The fraction of sp³-hybridized carbons (Fsp3) is 0.787. The Morgan fingerprint density at radius 3 is 1.01 bits per heavy atom. The quantitative estimate of drug-likeness (QED) is 0.0199. The molecule has 0 heterocycles. The number of unbranched alkanes of at least 4 members (excludes halogenated alkanes) is 32. The van der Waals surface area contributed by atoms with Gasteiger partial charge in [0.2, 0.25) is 0 Å². The highest BCUT2D eigenvalue weighted by atomic mass is 16.6. The van der Waals surface area contributed by atoms with Crippen LogP contribution in [0.15, 0.2) is 60.8 Å². The summed E-state index contributed by atoms with van der Waals surface area (Å²) in [5.41, 5.74) is 0. The molecule has 0 aliphatic carbocycles. The monoisotopic (exact) mass is 937 g/mol. The van der Waals surface area contributed by atoms with Gasteiger partial charge in [-0.25, -0.2) is 0 Å². The van der Waals surface area contributed by atoms with Gasteiger partial charge in [0.1, 0.15) is 13.2 Å². The summed E-state index contributed by atoms with van der Waals surface area (Å²) in [7, 11) is 0. The van der Waals surface area contributed by atoms with E-state index in [9.17, 15) is 14.4 Å². The van der Waals surface area contributed by atoms with Crippen molar-refractivity contribution in [2.24, 2.45) is 0 Å². The molecule has 0 saturated heterocycles. The van der Waals surface area contributed by atoms with Gasteiger partial charge in [-0.2, -0.15) is 0 Å². The second-order valence-electron chi connectivity index (χ2n) is 19.2. The lowest BCUT2D eigenvalue weighted by atomic mass is 10.0. The molecule has 0 radical (unpaired) electrons. The number of hydrogen-bond acceptors (Lipinski definition) is 6. The molecule has 388 valence electrons. The maximum absolute atomic E-state index is 12.8. The summed E-state index contributed by atoms with van der Waals surface area (Å²) in [6.45, 7) is 6.51. The second-order valence-corrected chi connectivity index (χ2v) is 19.2. The Morgan fingerprint density at radius 2 is 0.627 bits per heavy atom. The van der Waals surface area contributed by atoms with Crippen molar-refractivity contribution in [2.45, 2.75) is 297 Å². The molecular formula is C61H108O6. The zero-order valence-corrected chi connectivity index (χ0v) is 44.4. The summed E-state index contributed by atoms with van der Waals surface area (Å²) in [5.74, 6) is -0.928. The molecule has 0 bridgehead atoms. The summed E-state index contributed by atoms with van der Waals surface area (Å²) >= 11 is 0. The molecule has 0 aromatic carbocycles. The maximum atomic E-state index is 12.8. The first-order chi connectivity index (χ1) is 33.0. The van der Waals surface area contributed by atoms with Gasteiger partial charge >= 0.3 is 17.9 Å². The van der Waals surface area contributed by atoms with E-state index in [4.69, 9.17) is 14.2 Å². The van der Waals surface area contributed by atoms with Gasteiger partial charge in [0.15, 0.2) is 6.10 Å². The zero-order valence-electron chi connectivity index (χ0n) is 44.4. The van der Waals surface area contributed by atoms with E-state index in [0.29, 0.717) is 19.3 Å². The van der Waals surface area contributed by atoms with Crippen LogP contribution >= 0.6 is 0 Å². The minimum absolute atomic E-state index is 0.0898. The SMILES string of the molecule is CC/C=C\C/C=C\C/C=C\CCCCCCC(=O)OCC(COC(=O)CCCCCCCCCCCCCCCCCCCCC)OC(=O)CCCCC/C=C\C=C/CCCCCCCCC.